The van der Waals surface area contributed by atoms with E-state index in [0.717, 1.165) is 0 Å². The third-order valence-corrected chi connectivity index (χ3v) is 2.17. The molecule has 66 valence electrons. The van der Waals surface area contributed by atoms with Crippen LogP contribution in [-0.4, -0.2) is 11.6 Å². The van der Waals surface area contributed by atoms with E-state index in [1.54, 1.807) is 6.08 Å². The van der Waals surface area contributed by atoms with Crippen molar-refractivity contribution < 1.29 is 9.59 Å². The van der Waals surface area contributed by atoms with Gasteiger partial charge in [0.15, 0.2) is 0 Å². The van der Waals surface area contributed by atoms with Crippen LogP contribution in [0, 0.1) is 5.92 Å². The number of carbonyl (C=O) groups excluding carboxylic acids is 2. The largest absolute Gasteiger partial charge is 0.299 e. The Bertz CT molecular complexity index is 241. The Morgan fingerprint density at radius 2 is 2.17 bits per heavy atom. The summed E-state index contributed by atoms with van der Waals surface area (Å²) in [4.78, 5) is 21.9. The van der Waals surface area contributed by atoms with Gasteiger partial charge >= 0.3 is 0 Å². The van der Waals surface area contributed by atoms with Crippen molar-refractivity contribution in [2.24, 2.45) is 5.92 Å². The van der Waals surface area contributed by atoms with Gasteiger partial charge in [-0.05, 0) is 6.42 Å². The second kappa shape index (κ2) is 4.06. The molecule has 0 radical (unpaired) electrons. The van der Waals surface area contributed by atoms with Gasteiger partial charge in [0.2, 0.25) is 0 Å². The van der Waals surface area contributed by atoms with Gasteiger partial charge in [-0.1, -0.05) is 29.3 Å². The van der Waals surface area contributed by atoms with Crippen LogP contribution in [0.5, 0.6) is 0 Å². The third kappa shape index (κ3) is 2.61. The SMILES string of the molecule is O=C1CC(=O)C(CC=C(Cl)Cl)C1. The van der Waals surface area contributed by atoms with Crippen LogP contribution in [0.2, 0.25) is 0 Å². The summed E-state index contributed by atoms with van der Waals surface area (Å²) >= 11 is 10.7. The van der Waals surface area contributed by atoms with Crippen LogP contribution in [-0.2, 0) is 9.59 Å². The van der Waals surface area contributed by atoms with Gasteiger partial charge in [-0.3, -0.25) is 9.59 Å². The fourth-order valence-electron chi connectivity index (χ4n) is 1.25. The van der Waals surface area contributed by atoms with Crippen LogP contribution >= 0.6 is 23.2 Å². The summed E-state index contributed by atoms with van der Waals surface area (Å²) < 4.78 is 0.155. The lowest BCUT2D eigenvalue weighted by Crippen LogP contribution is -2.04. The second-order valence-corrected chi connectivity index (χ2v) is 3.82. The minimum absolute atomic E-state index is 0.00540. The smallest absolute Gasteiger partial charge is 0.144 e. The molecule has 0 aromatic heterocycles. The van der Waals surface area contributed by atoms with Crippen LogP contribution in [0.1, 0.15) is 19.3 Å². The van der Waals surface area contributed by atoms with Crippen LogP contribution < -0.4 is 0 Å². The zero-order valence-corrected chi connectivity index (χ0v) is 7.86. The van der Waals surface area contributed by atoms with Gasteiger partial charge in [0, 0.05) is 12.3 Å². The monoisotopic (exact) mass is 206 g/mol. The first-order valence-corrected chi connectivity index (χ1v) is 4.40. The van der Waals surface area contributed by atoms with Crippen molar-refractivity contribution >= 4 is 34.8 Å². The van der Waals surface area contributed by atoms with Gasteiger partial charge < -0.3 is 0 Å². The Kier molecular flexibility index (Phi) is 3.29. The zero-order valence-electron chi connectivity index (χ0n) is 6.35. The van der Waals surface area contributed by atoms with E-state index < -0.39 is 0 Å². The molecule has 1 saturated carbocycles. The first-order chi connectivity index (χ1) is 5.59. The molecule has 12 heavy (non-hydrogen) atoms. The number of allylic oxidation sites excluding steroid dienone is 1. The van der Waals surface area contributed by atoms with Crippen molar-refractivity contribution in [3.63, 3.8) is 0 Å². The lowest BCUT2D eigenvalue weighted by Gasteiger charge is -2.00. The molecule has 0 bridgehead atoms. The Balaban J connectivity index is 2.49. The standard InChI is InChI=1S/C8H8Cl2O2/c9-8(10)2-1-5-3-6(11)4-7(5)12/h2,5H,1,3-4H2. The highest BCUT2D eigenvalue weighted by Crippen LogP contribution is 2.23. The van der Waals surface area contributed by atoms with Gasteiger partial charge in [-0.25, -0.2) is 0 Å². The molecule has 1 atom stereocenters. The molecule has 1 rings (SSSR count). The molecule has 0 saturated heterocycles. The highest BCUT2D eigenvalue weighted by Gasteiger charge is 2.29. The number of hydrogen-bond donors (Lipinski definition) is 0. The van der Waals surface area contributed by atoms with Crippen molar-refractivity contribution in [3.8, 4) is 0 Å². The Labute approximate surface area is 80.5 Å². The van der Waals surface area contributed by atoms with Crippen molar-refractivity contribution in [3.05, 3.63) is 10.6 Å². The maximum absolute atomic E-state index is 11.1. The molecule has 0 heterocycles. The molecular formula is C8H8Cl2O2. The Morgan fingerprint density at radius 1 is 1.50 bits per heavy atom. The van der Waals surface area contributed by atoms with E-state index in [4.69, 9.17) is 23.2 Å². The molecule has 1 aliphatic carbocycles. The fraction of sp³-hybridized carbons (Fsp3) is 0.500. The predicted octanol–water partition coefficient (Wildman–Crippen LogP) is 2.24. The number of halogens is 2. The summed E-state index contributed by atoms with van der Waals surface area (Å²) in [5.74, 6) is -0.167. The van der Waals surface area contributed by atoms with Gasteiger partial charge in [0.05, 0.1) is 6.42 Å². The van der Waals surface area contributed by atoms with E-state index in [9.17, 15) is 9.59 Å². The van der Waals surface area contributed by atoms with Crippen molar-refractivity contribution in [1.29, 1.82) is 0 Å². The highest BCUT2D eigenvalue weighted by molar-refractivity contribution is 6.55. The zero-order chi connectivity index (χ0) is 9.14. The maximum atomic E-state index is 11.1. The molecule has 0 amide bonds. The van der Waals surface area contributed by atoms with Crippen molar-refractivity contribution in [2.45, 2.75) is 19.3 Å². The fourth-order valence-corrected chi connectivity index (χ4v) is 1.42. The van der Waals surface area contributed by atoms with Crippen LogP contribution in [0.15, 0.2) is 10.6 Å². The molecule has 0 aliphatic heterocycles. The van der Waals surface area contributed by atoms with Gasteiger partial charge in [-0.15, -0.1) is 0 Å². The van der Waals surface area contributed by atoms with E-state index in [2.05, 4.69) is 0 Å². The topological polar surface area (TPSA) is 34.1 Å². The Hall–Kier alpha value is -0.340. The minimum Gasteiger partial charge on any atom is -0.299 e. The number of Topliss-reactive ketones (excluding diaryl/α,β-unsaturated/α-hetero) is 2. The van der Waals surface area contributed by atoms with Gasteiger partial charge in [0.1, 0.15) is 16.1 Å². The van der Waals surface area contributed by atoms with Crippen LogP contribution in [0.3, 0.4) is 0 Å². The summed E-state index contributed by atoms with van der Waals surface area (Å²) in [5.41, 5.74) is 0. The summed E-state index contributed by atoms with van der Waals surface area (Å²) in [6.07, 6.45) is 2.46. The van der Waals surface area contributed by atoms with Crippen molar-refractivity contribution in [1.82, 2.24) is 0 Å². The second-order valence-electron chi connectivity index (χ2n) is 2.81. The minimum atomic E-state index is -0.190. The molecule has 4 heteroatoms. The first kappa shape index (κ1) is 9.75. The molecule has 0 aromatic carbocycles. The Morgan fingerprint density at radius 3 is 2.58 bits per heavy atom. The summed E-state index contributed by atoms with van der Waals surface area (Å²) in [5, 5.41) is 0. The van der Waals surface area contributed by atoms with E-state index >= 15 is 0 Å². The van der Waals surface area contributed by atoms with E-state index in [-0.39, 0.29) is 28.4 Å². The lowest BCUT2D eigenvalue weighted by molar-refractivity contribution is -0.122. The molecular weight excluding hydrogens is 199 g/mol. The molecule has 1 unspecified atom stereocenters. The molecule has 2 nitrogen and oxygen atoms in total. The summed E-state index contributed by atoms with van der Waals surface area (Å²) in [6.45, 7) is 0. The third-order valence-electron chi connectivity index (χ3n) is 1.86. The average Bonchev–Trinajstić information content (AvgIpc) is 2.26. The highest BCUT2D eigenvalue weighted by atomic mass is 35.5. The van der Waals surface area contributed by atoms with Gasteiger partial charge in [-0.2, -0.15) is 0 Å². The van der Waals surface area contributed by atoms with Crippen LogP contribution in [0.4, 0.5) is 0 Å². The average molecular weight is 207 g/mol. The summed E-state index contributed by atoms with van der Waals surface area (Å²) in [6, 6.07) is 0. The normalized spacial score (nSPS) is 23.0. The number of hydrogen-bond acceptors (Lipinski definition) is 2. The molecule has 1 aliphatic rings. The number of ketones is 2. The quantitative estimate of drug-likeness (QED) is 0.650. The number of rotatable bonds is 2. The van der Waals surface area contributed by atoms with E-state index in [1.807, 2.05) is 0 Å². The van der Waals surface area contributed by atoms with E-state index in [0.29, 0.717) is 12.8 Å². The molecule has 0 spiro atoms. The number of carbonyl (C=O) groups is 2. The maximum Gasteiger partial charge on any atom is 0.144 e. The molecule has 0 aromatic rings. The van der Waals surface area contributed by atoms with Crippen LogP contribution in [0.25, 0.3) is 0 Å². The lowest BCUT2D eigenvalue weighted by atomic mass is 10.0. The predicted molar refractivity (Wildman–Crippen MR) is 47.1 cm³/mol. The first-order valence-electron chi connectivity index (χ1n) is 3.65. The molecule has 0 N–H and O–H groups in total. The van der Waals surface area contributed by atoms with Gasteiger partial charge in [0.25, 0.3) is 0 Å². The van der Waals surface area contributed by atoms with Crippen molar-refractivity contribution in [2.75, 3.05) is 0 Å². The summed E-state index contributed by atoms with van der Waals surface area (Å²) in [7, 11) is 0. The van der Waals surface area contributed by atoms with E-state index in [1.165, 1.54) is 0 Å². The molecule has 1 fully saturated rings.